The average molecular weight is 237 g/mol. The Kier molecular flexibility index (Phi) is 2.85. The largest absolute Gasteiger partial charge is 0.353 e. The molecule has 1 aromatic carbocycles. The quantitative estimate of drug-likeness (QED) is 0.820. The first-order valence-electron chi connectivity index (χ1n) is 6.38. The highest BCUT2D eigenvalue weighted by Gasteiger charge is 2.29. The van der Waals surface area contributed by atoms with E-state index in [1.165, 1.54) is 12.8 Å². The Morgan fingerprint density at radius 1 is 1.22 bits per heavy atom. The van der Waals surface area contributed by atoms with E-state index in [1.54, 1.807) is 0 Å². The summed E-state index contributed by atoms with van der Waals surface area (Å²) >= 11 is 0. The summed E-state index contributed by atoms with van der Waals surface area (Å²) in [5, 5.41) is 9.90. The summed E-state index contributed by atoms with van der Waals surface area (Å²) in [5.74, 6) is 1.01. The molecule has 0 atom stereocenters. The molecule has 1 aromatic heterocycles. The molecule has 0 amide bonds. The molecule has 3 nitrogen and oxygen atoms in total. The lowest BCUT2D eigenvalue weighted by molar-refractivity contribution is 0.780. The maximum Gasteiger partial charge on any atom is 0.129 e. The van der Waals surface area contributed by atoms with Crippen LogP contribution in [-0.2, 0) is 0 Å². The first-order valence-corrected chi connectivity index (χ1v) is 6.38. The van der Waals surface area contributed by atoms with Crippen LogP contribution in [0.5, 0.6) is 0 Å². The molecule has 1 fully saturated rings. The van der Waals surface area contributed by atoms with E-state index in [1.807, 2.05) is 18.2 Å². The standard InChI is InChI=1S/C15H15N3/c16-10-3-11-18(13-7-8-13)15-9-6-12-4-1-2-5-14(12)17-15/h1-2,4-6,9,13H,3,7-8,11H2. The zero-order chi connectivity index (χ0) is 12.4. The van der Waals surface area contributed by atoms with E-state index in [4.69, 9.17) is 10.2 Å². The number of hydrogen-bond acceptors (Lipinski definition) is 3. The van der Waals surface area contributed by atoms with Crippen LogP contribution in [0.3, 0.4) is 0 Å². The van der Waals surface area contributed by atoms with E-state index in [2.05, 4.69) is 29.2 Å². The van der Waals surface area contributed by atoms with Crippen molar-refractivity contribution < 1.29 is 0 Å². The van der Waals surface area contributed by atoms with Gasteiger partial charge in [0, 0.05) is 18.0 Å². The summed E-state index contributed by atoms with van der Waals surface area (Å²) in [4.78, 5) is 6.98. The topological polar surface area (TPSA) is 39.9 Å². The van der Waals surface area contributed by atoms with Gasteiger partial charge in [0.1, 0.15) is 5.82 Å². The fourth-order valence-corrected chi connectivity index (χ4v) is 2.26. The minimum absolute atomic E-state index is 0.561. The Morgan fingerprint density at radius 2 is 2.06 bits per heavy atom. The Morgan fingerprint density at radius 3 is 2.83 bits per heavy atom. The molecule has 0 radical (unpaired) electrons. The molecule has 0 aliphatic heterocycles. The third kappa shape index (κ3) is 2.14. The second-order valence-corrected chi connectivity index (χ2v) is 4.69. The predicted octanol–water partition coefficient (Wildman–Crippen LogP) is 3.12. The van der Waals surface area contributed by atoms with Crippen LogP contribution in [0.1, 0.15) is 19.3 Å². The van der Waals surface area contributed by atoms with Gasteiger partial charge in [0.05, 0.1) is 18.0 Å². The second kappa shape index (κ2) is 4.66. The summed E-state index contributed by atoms with van der Waals surface area (Å²) in [6.07, 6.45) is 3.00. The van der Waals surface area contributed by atoms with Crippen LogP contribution in [0.4, 0.5) is 5.82 Å². The van der Waals surface area contributed by atoms with Gasteiger partial charge in [-0.1, -0.05) is 18.2 Å². The van der Waals surface area contributed by atoms with Crippen molar-refractivity contribution in [2.45, 2.75) is 25.3 Å². The Hall–Kier alpha value is -2.08. The third-order valence-electron chi connectivity index (χ3n) is 3.33. The average Bonchev–Trinajstić information content (AvgIpc) is 3.24. The number of pyridine rings is 1. The van der Waals surface area contributed by atoms with Gasteiger partial charge in [-0.3, -0.25) is 0 Å². The van der Waals surface area contributed by atoms with Gasteiger partial charge in [-0.25, -0.2) is 4.98 Å². The molecule has 0 unspecified atom stereocenters. The molecule has 2 aromatic rings. The smallest absolute Gasteiger partial charge is 0.129 e. The van der Waals surface area contributed by atoms with Gasteiger partial charge in [-0.2, -0.15) is 5.26 Å². The number of aromatic nitrogens is 1. The van der Waals surface area contributed by atoms with Crippen LogP contribution in [0, 0.1) is 11.3 Å². The van der Waals surface area contributed by atoms with Crippen LogP contribution in [-0.4, -0.2) is 17.6 Å². The molecule has 1 aliphatic carbocycles. The molecule has 3 rings (SSSR count). The molecule has 90 valence electrons. The van der Waals surface area contributed by atoms with E-state index in [0.717, 1.165) is 23.3 Å². The maximum atomic E-state index is 8.74. The highest BCUT2D eigenvalue weighted by molar-refractivity contribution is 5.80. The predicted molar refractivity (Wildman–Crippen MR) is 72.3 cm³/mol. The highest BCUT2D eigenvalue weighted by Crippen LogP contribution is 2.31. The summed E-state index contributed by atoms with van der Waals surface area (Å²) in [7, 11) is 0. The maximum absolute atomic E-state index is 8.74. The van der Waals surface area contributed by atoms with Crippen molar-refractivity contribution in [3.63, 3.8) is 0 Å². The molecule has 1 heterocycles. The van der Waals surface area contributed by atoms with Crippen molar-refractivity contribution >= 4 is 16.7 Å². The molecule has 0 N–H and O–H groups in total. The first kappa shape index (κ1) is 11.0. The van der Waals surface area contributed by atoms with Crippen LogP contribution in [0.15, 0.2) is 36.4 Å². The molecule has 0 spiro atoms. The zero-order valence-electron chi connectivity index (χ0n) is 10.2. The molecular formula is C15H15N3. The minimum atomic E-state index is 0.561. The van der Waals surface area contributed by atoms with Crippen molar-refractivity contribution in [1.82, 2.24) is 4.98 Å². The Balaban J connectivity index is 1.93. The van der Waals surface area contributed by atoms with Gasteiger partial charge in [0.2, 0.25) is 0 Å². The Bertz CT molecular complexity index is 596. The Labute approximate surface area is 107 Å². The van der Waals surface area contributed by atoms with E-state index >= 15 is 0 Å². The van der Waals surface area contributed by atoms with Crippen LogP contribution in [0.2, 0.25) is 0 Å². The van der Waals surface area contributed by atoms with E-state index < -0.39 is 0 Å². The van der Waals surface area contributed by atoms with Crippen molar-refractivity contribution in [2.75, 3.05) is 11.4 Å². The molecule has 18 heavy (non-hydrogen) atoms. The lowest BCUT2D eigenvalue weighted by atomic mass is 10.2. The van der Waals surface area contributed by atoms with Crippen molar-refractivity contribution in [2.24, 2.45) is 0 Å². The number of fused-ring (bicyclic) bond motifs is 1. The number of anilines is 1. The van der Waals surface area contributed by atoms with Crippen LogP contribution in [0.25, 0.3) is 10.9 Å². The number of benzene rings is 1. The normalized spacial score (nSPS) is 14.4. The SMILES string of the molecule is N#CCCN(c1ccc2ccccc2n1)C1CC1. The van der Waals surface area contributed by atoms with Gasteiger partial charge in [-0.05, 0) is 31.0 Å². The zero-order valence-corrected chi connectivity index (χ0v) is 10.2. The highest BCUT2D eigenvalue weighted by atomic mass is 15.2. The molecule has 1 saturated carbocycles. The minimum Gasteiger partial charge on any atom is -0.353 e. The molecule has 3 heteroatoms. The lowest BCUT2D eigenvalue weighted by Crippen LogP contribution is -2.27. The van der Waals surface area contributed by atoms with Gasteiger partial charge in [0.25, 0.3) is 0 Å². The van der Waals surface area contributed by atoms with Crippen molar-refractivity contribution in [3.8, 4) is 6.07 Å². The second-order valence-electron chi connectivity index (χ2n) is 4.69. The number of nitrogens with zero attached hydrogens (tertiary/aromatic N) is 3. The lowest BCUT2D eigenvalue weighted by Gasteiger charge is -2.22. The van der Waals surface area contributed by atoms with Gasteiger partial charge < -0.3 is 4.90 Å². The van der Waals surface area contributed by atoms with Gasteiger partial charge >= 0.3 is 0 Å². The fourth-order valence-electron chi connectivity index (χ4n) is 2.26. The van der Waals surface area contributed by atoms with E-state index in [-0.39, 0.29) is 0 Å². The number of nitriles is 1. The summed E-state index contributed by atoms with van der Waals surface area (Å²) in [6, 6.07) is 15.1. The van der Waals surface area contributed by atoms with E-state index in [0.29, 0.717) is 12.5 Å². The third-order valence-corrected chi connectivity index (χ3v) is 3.33. The van der Waals surface area contributed by atoms with Crippen molar-refractivity contribution in [1.29, 1.82) is 5.26 Å². The van der Waals surface area contributed by atoms with Crippen LogP contribution < -0.4 is 4.90 Å². The fraction of sp³-hybridized carbons (Fsp3) is 0.333. The van der Waals surface area contributed by atoms with Gasteiger partial charge in [0.15, 0.2) is 0 Å². The first-order chi connectivity index (χ1) is 8.88. The summed E-state index contributed by atoms with van der Waals surface area (Å²) < 4.78 is 0. The molecule has 0 saturated heterocycles. The summed E-state index contributed by atoms with van der Waals surface area (Å²) in [6.45, 7) is 0.784. The van der Waals surface area contributed by atoms with Crippen LogP contribution >= 0.6 is 0 Å². The summed E-state index contributed by atoms with van der Waals surface area (Å²) in [5.41, 5.74) is 1.03. The van der Waals surface area contributed by atoms with Gasteiger partial charge in [-0.15, -0.1) is 0 Å². The van der Waals surface area contributed by atoms with Crippen molar-refractivity contribution in [3.05, 3.63) is 36.4 Å². The number of para-hydroxylation sites is 1. The number of rotatable bonds is 4. The molecular weight excluding hydrogens is 222 g/mol. The number of hydrogen-bond donors (Lipinski definition) is 0. The molecule has 1 aliphatic rings. The van der Waals surface area contributed by atoms with E-state index in [9.17, 15) is 0 Å². The monoisotopic (exact) mass is 237 g/mol. The molecule has 0 bridgehead atoms.